The number of nitrogens with two attached hydrogens (primary N) is 1. The number of aromatic nitrogens is 2. The van der Waals surface area contributed by atoms with Crippen LogP contribution < -0.4 is 11.1 Å². The first-order valence-corrected chi connectivity index (χ1v) is 12.5. The third-order valence-corrected chi connectivity index (χ3v) is 7.80. The number of aryl methyl sites for hydroxylation is 1. The summed E-state index contributed by atoms with van der Waals surface area (Å²) in [5.41, 5.74) is 5.39. The first kappa shape index (κ1) is 24.1. The largest absolute Gasteiger partial charge is 0.477 e. The lowest BCUT2D eigenvalue weighted by molar-refractivity contribution is -0.155. The van der Waals surface area contributed by atoms with Crippen molar-refractivity contribution in [3.05, 3.63) is 32.8 Å². The number of nitrogen functional groups attached to an aromatic ring is 1. The van der Waals surface area contributed by atoms with E-state index in [2.05, 4.69) is 20.4 Å². The highest BCUT2D eigenvalue weighted by atomic mass is 32.2. The number of carbonyl (C=O) groups excluding carboxylic acids is 2. The highest BCUT2D eigenvalue weighted by Gasteiger charge is 2.54. The number of hydrogen-bond donors (Lipinski definition) is 3. The first-order valence-electron chi connectivity index (χ1n) is 9.98. The maximum absolute atomic E-state index is 12.9. The predicted molar refractivity (Wildman–Crippen MR) is 124 cm³/mol. The van der Waals surface area contributed by atoms with E-state index in [1.165, 1.54) is 33.4 Å². The van der Waals surface area contributed by atoms with Gasteiger partial charge >= 0.3 is 5.97 Å². The van der Waals surface area contributed by atoms with E-state index in [-0.39, 0.29) is 28.8 Å². The summed E-state index contributed by atoms with van der Waals surface area (Å²) in [5.74, 6) is -2.54. The lowest BCUT2D eigenvalue weighted by atomic mass is 9.86. The van der Waals surface area contributed by atoms with E-state index in [4.69, 9.17) is 10.6 Å². The zero-order valence-corrected chi connectivity index (χ0v) is 20.1. The number of anilines is 1. The van der Waals surface area contributed by atoms with Gasteiger partial charge in [0.15, 0.2) is 15.2 Å². The zero-order valence-electron chi connectivity index (χ0n) is 17.7. The molecule has 0 aliphatic carbocycles. The third-order valence-electron chi connectivity index (χ3n) is 5.00. The molecule has 2 aliphatic heterocycles. The Morgan fingerprint density at radius 1 is 1.50 bits per heavy atom. The van der Waals surface area contributed by atoms with Crippen molar-refractivity contribution in [2.24, 2.45) is 5.16 Å². The van der Waals surface area contributed by atoms with Crippen molar-refractivity contribution in [2.75, 3.05) is 19.0 Å². The second kappa shape index (κ2) is 10.1. The molecule has 180 valence electrons. The van der Waals surface area contributed by atoms with Crippen molar-refractivity contribution >= 4 is 63.1 Å². The fourth-order valence-corrected chi connectivity index (χ4v) is 6.28. The Balaban J connectivity index is 1.52. The normalized spacial score (nSPS) is 20.1. The smallest absolute Gasteiger partial charge is 0.353 e. The van der Waals surface area contributed by atoms with Crippen LogP contribution in [0.1, 0.15) is 23.4 Å². The van der Waals surface area contributed by atoms with Gasteiger partial charge in [0.1, 0.15) is 30.7 Å². The molecular formula is C19H19FN6O5S3. The van der Waals surface area contributed by atoms with Crippen molar-refractivity contribution in [3.63, 3.8) is 0 Å². The number of β-lactam (4-membered cyclic amide) rings is 1. The van der Waals surface area contributed by atoms with Gasteiger partial charge in [-0.15, -0.1) is 22.7 Å². The number of carboxylic acid groups (broad SMARTS) is 1. The van der Waals surface area contributed by atoms with Crippen LogP contribution in [0.3, 0.4) is 0 Å². The molecule has 2 atom stereocenters. The van der Waals surface area contributed by atoms with Crippen LogP contribution in [-0.4, -0.2) is 68.8 Å². The van der Waals surface area contributed by atoms with E-state index in [0.717, 1.165) is 16.2 Å². The minimum Gasteiger partial charge on any atom is -0.477 e. The lowest BCUT2D eigenvalue weighted by Gasteiger charge is -2.50. The monoisotopic (exact) mass is 526 g/mol. The van der Waals surface area contributed by atoms with Crippen molar-refractivity contribution in [2.45, 2.75) is 36.2 Å². The number of nitrogens with zero attached hydrogens (tertiary/aromatic N) is 4. The summed E-state index contributed by atoms with van der Waals surface area (Å²) in [5, 5.41) is 17.7. The Morgan fingerprint density at radius 3 is 2.91 bits per heavy atom. The van der Waals surface area contributed by atoms with Crippen LogP contribution >= 0.6 is 34.4 Å². The molecule has 4 N–H and O–H groups in total. The van der Waals surface area contributed by atoms with E-state index < -0.39 is 36.5 Å². The van der Waals surface area contributed by atoms with E-state index in [9.17, 15) is 23.9 Å². The molecule has 2 aliphatic rings. The molecule has 2 aromatic rings. The average Bonchev–Trinajstić information content (AvgIpc) is 3.42. The number of thioether (sulfide) groups is 1. The van der Waals surface area contributed by atoms with Crippen molar-refractivity contribution in [1.82, 2.24) is 20.2 Å². The second-order valence-corrected chi connectivity index (χ2v) is 10.7. The van der Waals surface area contributed by atoms with Gasteiger partial charge in [-0.05, 0) is 19.8 Å². The number of halogens is 1. The van der Waals surface area contributed by atoms with Gasteiger partial charge in [-0.3, -0.25) is 14.5 Å². The number of aliphatic carboxylic acids is 1. The number of carboxylic acids is 1. The van der Waals surface area contributed by atoms with Crippen LogP contribution in [0, 0.1) is 6.92 Å². The lowest BCUT2D eigenvalue weighted by Crippen LogP contribution is -2.72. The third kappa shape index (κ3) is 4.76. The summed E-state index contributed by atoms with van der Waals surface area (Å²) in [4.78, 5) is 53.6. The molecule has 11 nitrogen and oxygen atoms in total. The van der Waals surface area contributed by atoms with Gasteiger partial charge in [0.2, 0.25) is 0 Å². The summed E-state index contributed by atoms with van der Waals surface area (Å²) in [6, 6.07) is -1.48. The van der Waals surface area contributed by atoms with Crippen molar-refractivity contribution < 1.29 is 28.7 Å². The Kier molecular flexibility index (Phi) is 7.13. The highest BCUT2D eigenvalue weighted by molar-refractivity contribution is 8.04. The molecule has 0 saturated carbocycles. The predicted octanol–water partition coefficient (Wildman–Crippen LogP) is 1.76. The summed E-state index contributed by atoms with van der Waals surface area (Å²) in [6.45, 7) is 0.736. The summed E-state index contributed by atoms with van der Waals surface area (Å²) in [7, 11) is 0. The van der Waals surface area contributed by atoms with Gasteiger partial charge in [-0.25, -0.2) is 19.2 Å². The number of thiazole rings is 2. The number of amides is 2. The molecule has 0 spiro atoms. The highest BCUT2D eigenvalue weighted by Crippen LogP contribution is 2.43. The van der Waals surface area contributed by atoms with Crippen LogP contribution in [0.4, 0.5) is 9.52 Å². The SMILES string of the molecule is Cc1cnc(SC2=C(C(=O)O)N3C(=O)[C@@H](NC(=O)/C(=N/OCCF)c4csc(N)n4)[C@H]3CC2)s1. The Labute approximate surface area is 204 Å². The molecule has 15 heteroatoms. The fraction of sp³-hybridized carbons (Fsp3) is 0.368. The van der Waals surface area contributed by atoms with Crippen molar-refractivity contribution in [3.8, 4) is 0 Å². The number of allylic oxidation sites excluding steroid dienone is 1. The first-order chi connectivity index (χ1) is 16.3. The van der Waals surface area contributed by atoms with Gasteiger partial charge < -0.3 is 21.0 Å². The molecule has 2 aromatic heterocycles. The standard InChI is InChI=1S/C19H19FN6O5S3/c1-8-6-22-19(33-8)34-11-3-2-10-13(16(28)26(10)14(11)17(29)30)24-15(27)12(25-31-5-4-20)9-7-32-18(21)23-9/h6-7,10,13H,2-5H2,1H3,(H2,21,23)(H,24,27)(H,29,30)/b25-12+/t10-,13+/m1/s1. The Morgan fingerprint density at radius 2 is 2.29 bits per heavy atom. The van der Waals surface area contributed by atoms with Crippen molar-refractivity contribution in [1.29, 1.82) is 0 Å². The van der Waals surface area contributed by atoms with E-state index in [0.29, 0.717) is 22.1 Å². The maximum Gasteiger partial charge on any atom is 0.353 e. The van der Waals surface area contributed by atoms with Gasteiger partial charge in [-0.2, -0.15) is 0 Å². The van der Waals surface area contributed by atoms with Gasteiger partial charge in [0.25, 0.3) is 11.8 Å². The molecule has 0 unspecified atom stereocenters. The van der Waals surface area contributed by atoms with E-state index in [1.807, 2.05) is 6.92 Å². The van der Waals surface area contributed by atoms with Gasteiger partial charge in [0, 0.05) is 21.4 Å². The van der Waals surface area contributed by atoms with E-state index in [1.54, 1.807) is 6.20 Å². The van der Waals surface area contributed by atoms with Crippen LogP contribution in [-0.2, 0) is 19.2 Å². The van der Waals surface area contributed by atoms with Gasteiger partial charge in [-0.1, -0.05) is 16.9 Å². The summed E-state index contributed by atoms with van der Waals surface area (Å²) in [6.07, 6.45) is 2.57. The number of oxime groups is 1. The zero-order chi connectivity index (χ0) is 24.4. The summed E-state index contributed by atoms with van der Waals surface area (Å²) >= 11 is 3.75. The molecular weight excluding hydrogens is 507 g/mol. The second-order valence-electron chi connectivity index (χ2n) is 7.21. The number of alkyl halides is 1. The fourth-order valence-electron chi connectivity index (χ4n) is 3.57. The topological polar surface area (TPSA) is 160 Å². The molecule has 4 heterocycles. The minimum atomic E-state index is -1.22. The molecule has 4 rings (SSSR count). The van der Waals surface area contributed by atoms with Crippen LogP contribution in [0.2, 0.25) is 0 Å². The Hall–Kier alpha value is -3.04. The molecule has 0 radical (unpaired) electrons. The summed E-state index contributed by atoms with van der Waals surface area (Å²) < 4.78 is 13.1. The molecule has 0 aromatic carbocycles. The van der Waals surface area contributed by atoms with Crippen LogP contribution in [0.5, 0.6) is 0 Å². The number of hydrogen-bond acceptors (Lipinski definition) is 11. The molecule has 1 fully saturated rings. The molecule has 34 heavy (non-hydrogen) atoms. The maximum atomic E-state index is 12.9. The number of rotatable bonds is 9. The van der Waals surface area contributed by atoms with Crippen LogP contribution in [0.25, 0.3) is 0 Å². The average molecular weight is 527 g/mol. The van der Waals surface area contributed by atoms with Gasteiger partial charge in [0.05, 0.1) is 6.04 Å². The number of fused-ring (bicyclic) bond motifs is 1. The number of nitrogens with one attached hydrogen (secondary N) is 1. The molecule has 1 saturated heterocycles. The van der Waals surface area contributed by atoms with Crippen LogP contribution in [0.15, 0.2) is 31.7 Å². The number of carbonyl (C=O) groups is 3. The minimum absolute atomic E-state index is 0.1000. The van der Waals surface area contributed by atoms with E-state index >= 15 is 0 Å². The quantitative estimate of drug-likeness (QED) is 0.191. The molecule has 0 bridgehead atoms. The molecule has 2 amide bonds. The Bertz CT molecular complexity index is 1190.